The molecule has 3 heterocycles. The van der Waals surface area contributed by atoms with Crippen LogP contribution in [0.2, 0.25) is 13.1 Å². The van der Waals surface area contributed by atoms with E-state index in [0.717, 1.165) is 33.5 Å². The fraction of sp³-hybridized carbons (Fsp3) is 0.196. The molecule has 9 rings (SSSR count). The minimum atomic E-state index is -1.91. The SMILES string of the molecule is Cc1ccc(-c2c(C(C)(C)C)ccc3c2Sc2ccccc2[Si]3(C)C)cc1-c1cc(-n2c3ccccc3n3c4cccc(C)c4nc23)ccc1C. The van der Waals surface area contributed by atoms with E-state index in [2.05, 4.69) is 179 Å². The zero-order valence-electron chi connectivity index (χ0n) is 30.7. The summed E-state index contributed by atoms with van der Waals surface area (Å²) in [5.41, 5.74) is 16.0. The molecule has 6 aromatic carbocycles. The molecule has 1 aliphatic rings. The molecule has 0 aliphatic carbocycles. The Labute approximate surface area is 306 Å². The van der Waals surface area contributed by atoms with E-state index in [1.807, 2.05) is 11.8 Å². The predicted octanol–water partition coefficient (Wildman–Crippen LogP) is 11.3. The zero-order chi connectivity index (χ0) is 35.4. The van der Waals surface area contributed by atoms with Gasteiger partial charge in [0.15, 0.2) is 0 Å². The Bertz CT molecular complexity index is 2720. The number of hydrogen-bond acceptors (Lipinski definition) is 2. The number of imidazole rings is 2. The van der Waals surface area contributed by atoms with Gasteiger partial charge in [0.05, 0.1) is 22.1 Å². The maximum Gasteiger partial charge on any atom is 0.220 e. The number of benzene rings is 6. The van der Waals surface area contributed by atoms with Crippen molar-refractivity contribution in [3.8, 4) is 27.9 Å². The summed E-state index contributed by atoms with van der Waals surface area (Å²) in [6.45, 7) is 18.8. The smallest absolute Gasteiger partial charge is 0.220 e. The number of nitrogens with zero attached hydrogens (tertiary/aromatic N) is 3. The molecule has 0 bridgehead atoms. The van der Waals surface area contributed by atoms with E-state index in [4.69, 9.17) is 4.98 Å². The number of aromatic nitrogens is 3. The van der Waals surface area contributed by atoms with Gasteiger partial charge in [0.1, 0.15) is 8.07 Å². The standard InChI is InChI=1S/C46H43N3SSi/c1-28-20-22-31(42-35(46(4,5)6)24-25-41-44(42)50-39-18-11-12-19-40(39)51(41,7)8)26-33(28)34-27-32(23-21-29(34)2)48-36-15-9-10-16-37(36)49-38-17-13-14-30(3)43(38)47-45(48)49/h9-27H,1-8H3. The van der Waals surface area contributed by atoms with E-state index in [9.17, 15) is 0 Å². The molecule has 0 fully saturated rings. The average molecular weight is 698 g/mol. The van der Waals surface area contributed by atoms with Crippen LogP contribution in [0.5, 0.6) is 0 Å². The van der Waals surface area contributed by atoms with Crippen molar-refractivity contribution in [1.82, 2.24) is 14.0 Å². The molecule has 2 aromatic heterocycles. The zero-order valence-corrected chi connectivity index (χ0v) is 32.5. The van der Waals surface area contributed by atoms with E-state index < -0.39 is 8.07 Å². The fourth-order valence-corrected chi connectivity index (χ4v) is 13.9. The number of rotatable bonds is 3. The number of para-hydroxylation sites is 3. The van der Waals surface area contributed by atoms with Crippen LogP contribution in [0.15, 0.2) is 125 Å². The second-order valence-corrected chi connectivity index (χ2v) is 21.3. The highest BCUT2D eigenvalue weighted by atomic mass is 32.2. The quantitative estimate of drug-likeness (QED) is 0.172. The van der Waals surface area contributed by atoms with E-state index in [1.54, 1.807) is 10.4 Å². The van der Waals surface area contributed by atoms with Crippen molar-refractivity contribution in [1.29, 1.82) is 0 Å². The molecule has 5 heteroatoms. The summed E-state index contributed by atoms with van der Waals surface area (Å²) in [7, 11) is -1.91. The van der Waals surface area contributed by atoms with Crippen LogP contribution in [0.25, 0.3) is 55.8 Å². The summed E-state index contributed by atoms with van der Waals surface area (Å²) in [4.78, 5) is 8.11. The molecule has 0 amide bonds. The van der Waals surface area contributed by atoms with Crippen LogP contribution in [0.4, 0.5) is 0 Å². The Morgan fingerprint density at radius 1 is 0.627 bits per heavy atom. The minimum absolute atomic E-state index is 0.0125. The average Bonchev–Trinajstić information content (AvgIpc) is 3.64. The Morgan fingerprint density at radius 2 is 1.31 bits per heavy atom. The summed E-state index contributed by atoms with van der Waals surface area (Å²) >= 11 is 1.97. The van der Waals surface area contributed by atoms with Gasteiger partial charge in [-0.25, -0.2) is 4.98 Å². The Hall–Kier alpha value is -4.84. The van der Waals surface area contributed by atoms with Crippen molar-refractivity contribution in [3.05, 3.63) is 138 Å². The molecule has 0 unspecified atom stereocenters. The third-order valence-corrected chi connectivity index (χ3v) is 16.3. The van der Waals surface area contributed by atoms with Crippen molar-refractivity contribution in [2.45, 2.75) is 69.8 Å². The monoisotopic (exact) mass is 697 g/mol. The highest BCUT2D eigenvalue weighted by Crippen LogP contribution is 2.45. The van der Waals surface area contributed by atoms with E-state index in [1.165, 1.54) is 54.3 Å². The molecule has 0 saturated carbocycles. The molecule has 0 radical (unpaired) electrons. The molecular weight excluding hydrogens is 655 g/mol. The second-order valence-electron chi connectivity index (χ2n) is 15.9. The lowest BCUT2D eigenvalue weighted by molar-refractivity contribution is 0.591. The first-order valence-electron chi connectivity index (χ1n) is 18.0. The molecule has 252 valence electrons. The van der Waals surface area contributed by atoms with Gasteiger partial charge in [-0.2, -0.15) is 0 Å². The number of aryl methyl sites for hydroxylation is 3. The third-order valence-electron chi connectivity index (χ3n) is 11.1. The third kappa shape index (κ3) is 4.82. The Morgan fingerprint density at radius 3 is 2.10 bits per heavy atom. The lowest BCUT2D eigenvalue weighted by Gasteiger charge is -2.36. The summed E-state index contributed by atoms with van der Waals surface area (Å²) < 4.78 is 4.65. The second kappa shape index (κ2) is 11.3. The van der Waals surface area contributed by atoms with Gasteiger partial charge < -0.3 is 0 Å². The molecule has 1 aliphatic heterocycles. The van der Waals surface area contributed by atoms with Crippen molar-refractivity contribution in [2.24, 2.45) is 0 Å². The first kappa shape index (κ1) is 32.1. The van der Waals surface area contributed by atoms with Crippen LogP contribution in [-0.2, 0) is 5.41 Å². The highest BCUT2D eigenvalue weighted by Gasteiger charge is 2.38. The first-order valence-corrected chi connectivity index (χ1v) is 21.8. The highest BCUT2D eigenvalue weighted by molar-refractivity contribution is 8.00. The van der Waals surface area contributed by atoms with Crippen LogP contribution >= 0.6 is 11.8 Å². The van der Waals surface area contributed by atoms with Crippen molar-refractivity contribution in [2.75, 3.05) is 0 Å². The van der Waals surface area contributed by atoms with Crippen molar-refractivity contribution < 1.29 is 0 Å². The van der Waals surface area contributed by atoms with E-state index >= 15 is 0 Å². The molecule has 0 atom stereocenters. The predicted molar refractivity (Wildman–Crippen MR) is 221 cm³/mol. The number of hydrogen-bond donors (Lipinski definition) is 0. The Balaban J connectivity index is 1.27. The normalized spacial score (nSPS) is 14.0. The van der Waals surface area contributed by atoms with Crippen LogP contribution in [-0.4, -0.2) is 22.0 Å². The summed E-state index contributed by atoms with van der Waals surface area (Å²) in [6, 6.07) is 43.2. The van der Waals surface area contributed by atoms with Gasteiger partial charge >= 0.3 is 0 Å². The van der Waals surface area contributed by atoms with Crippen LogP contribution in [0.3, 0.4) is 0 Å². The van der Waals surface area contributed by atoms with Gasteiger partial charge in [-0.15, -0.1) is 0 Å². The van der Waals surface area contributed by atoms with Crippen LogP contribution in [0.1, 0.15) is 43.0 Å². The molecule has 3 nitrogen and oxygen atoms in total. The lowest BCUT2D eigenvalue weighted by atomic mass is 9.81. The maximum atomic E-state index is 5.25. The Kier molecular flexibility index (Phi) is 7.13. The molecule has 0 saturated heterocycles. The molecule has 0 N–H and O–H groups in total. The molecule has 0 spiro atoms. The van der Waals surface area contributed by atoms with E-state index in [-0.39, 0.29) is 5.41 Å². The summed E-state index contributed by atoms with van der Waals surface area (Å²) in [5.74, 6) is 0.940. The van der Waals surface area contributed by atoms with Gasteiger partial charge in [-0.1, -0.05) is 118 Å². The largest absolute Gasteiger partial charge is 0.278 e. The van der Waals surface area contributed by atoms with Crippen molar-refractivity contribution in [3.63, 3.8) is 0 Å². The molecular formula is C46H43N3SSi. The summed E-state index contributed by atoms with van der Waals surface area (Å²) in [5, 5.41) is 3.08. The van der Waals surface area contributed by atoms with Crippen LogP contribution in [0, 0.1) is 20.8 Å². The number of fused-ring (bicyclic) bond motifs is 7. The van der Waals surface area contributed by atoms with Gasteiger partial charge in [0, 0.05) is 15.5 Å². The van der Waals surface area contributed by atoms with Gasteiger partial charge in [-0.3, -0.25) is 8.97 Å². The van der Waals surface area contributed by atoms with Gasteiger partial charge in [0.2, 0.25) is 5.78 Å². The van der Waals surface area contributed by atoms with E-state index in [0.29, 0.717) is 0 Å². The summed E-state index contributed by atoms with van der Waals surface area (Å²) in [6.07, 6.45) is 0. The van der Waals surface area contributed by atoms with Crippen molar-refractivity contribution >= 4 is 58.1 Å². The minimum Gasteiger partial charge on any atom is -0.278 e. The molecule has 8 aromatic rings. The van der Waals surface area contributed by atoms with Gasteiger partial charge in [0.25, 0.3) is 0 Å². The maximum absolute atomic E-state index is 5.25. The lowest BCUT2D eigenvalue weighted by Crippen LogP contribution is -2.56. The first-order chi connectivity index (χ1) is 24.4. The van der Waals surface area contributed by atoms with Gasteiger partial charge in [-0.05, 0) is 124 Å². The fourth-order valence-electron chi connectivity index (χ4n) is 8.35. The van der Waals surface area contributed by atoms with Crippen LogP contribution < -0.4 is 10.4 Å². The topological polar surface area (TPSA) is 22.2 Å². The molecule has 51 heavy (non-hydrogen) atoms.